The molecule has 0 aliphatic rings. The highest BCUT2D eigenvalue weighted by molar-refractivity contribution is 6.31. The molecule has 5 rings (SSSR count). The van der Waals surface area contributed by atoms with E-state index in [2.05, 4.69) is 85.2 Å². The Bertz CT molecular complexity index is 1430. The van der Waals surface area contributed by atoms with Crippen molar-refractivity contribution >= 4 is 23.2 Å². The summed E-state index contributed by atoms with van der Waals surface area (Å²) in [6.07, 6.45) is 4.16. The number of nitrogens with zero attached hydrogens (tertiary/aromatic N) is 1. The van der Waals surface area contributed by atoms with Crippen LogP contribution in [0.5, 0.6) is 0 Å². The number of hydrogen-bond acceptors (Lipinski definition) is 4. The van der Waals surface area contributed by atoms with Crippen molar-refractivity contribution in [2.24, 2.45) is 7.05 Å². The van der Waals surface area contributed by atoms with E-state index in [1.165, 1.54) is 11.1 Å². The molecule has 0 fully saturated rings. The van der Waals surface area contributed by atoms with Crippen molar-refractivity contribution in [2.75, 3.05) is 0 Å². The maximum Gasteiger partial charge on any atom is 0.169 e. The topological polar surface area (TPSA) is 96.1 Å². The average molecular weight is 567 g/mol. The van der Waals surface area contributed by atoms with Crippen LogP contribution in [-0.4, -0.2) is 0 Å². The van der Waals surface area contributed by atoms with Gasteiger partial charge in [0.05, 0.1) is 0 Å². The highest BCUT2D eigenvalue weighted by Crippen LogP contribution is 2.43. The number of aryl methyl sites for hydroxylation is 1. The predicted octanol–water partition coefficient (Wildman–Crippen LogP) is 3.73. The minimum atomic E-state index is -4.94. The Hall–Kier alpha value is -3.26. The fraction of sp³-hybridized carbons (Fsp3) is 0.0333. The first kappa shape index (κ1) is 27.8. The van der Waals surface area contributed by atoms with Crippen molar-refractivity contribution in [3.8, 4) is 44.5 Å². The van der Waals surface area contributed by atoms with Gasteiger partial charge in [0.15, 0.2) is 12.4 Å². The molecule has 4 aromatic carbocycles. The number of pyridine rings is 1. The Kier molecular flexibility index (Phi) is 8.82. The minimum Gasteiger partial charge on any atom is -0.222 e. The molecule has 0 N–H and O–H groups in total. The lowest BCUT2D eigenvalue weighted by molar-refractivity contribution is -2.00. The van der Waals surface area contributed by atoms with E-state index in [0.717, 1.165) is 43.4 Å². The number of hydrogen-bond donors (Lipinski definition) is 0. The van der Waals surface area contributed by atoms with Gasteiger partial charge in [-0.05, 0) is 80.9 Å². The van der Waals surface area contributed by atoms with Crippen LogP contribution in [0.1, 0.15) is 0 Å². The normalized spacial score (nSPS) is 11.0. The smallest absolute Gasteiger partial charge is 0.169 e. The molecule has 0 amide bonds. The fourth-order valence-electron chi connectivity index (χ4n) is 4.13. The highest BCUT2D eigenvalue weighted by Gasteiger charge is 2.18. The zero-order chi connectivity index (χ0) is 27.3. The van der Waals surface area contributed by atoms with E-state index in [4.69, 9.17) is 41.8 Å². The van der Waals surface area contributed by atoms with Gasteiger partial charge >= 0.3 is 0 Å². The van der Waals surface area contributed by atoms with Gasteiger partial charge in [0.1, 0.15) is 7.05 Å². The molecule has 0 bridgehead atoms. The number of halogens is 3. The number of benzene rings is 4. The van der Waals surface area contributed by atoms with Crippen LogP contribution in [0.3, 0.4) is 0 Å². The summed E-state index contributed by atoms with van der Waals surface area (Å²) in [5, 5.41) is 1.45. The third-order valence-corrected chi connectivity index (χ3v) is 6.33. The predicted molar refractivity (Wildman–Crippen MR) is 139 cm³/mol. The van der Waals surface area contributed by atoms with Crippen LogP contribution in [0, 0.1) is 10.2 Å². The van der Waals surface area contributed by atoms with Crippen LogP contribution < -0.4 is 23.2 Å². The minimum absolute atomic E-state index is 0.726. The first-order valence-electron chi connectivity index (χ1n) is 11.4. The van der Waals surface area contributed by atoms with E-state index in [9.17, 15) is 0 Å². The Balaban J connectivity index is 0.000000617. The van der Waals surface area contributed by atoms with Crippen LogP contribution in [0.2, 0.25) is 10.0 Å². The van der Waals surface area contributed by atoms with Gasteiger partial charge in [-0.15, -0.1) is 10.2 Å². The quantitative estimate of drug-likeness (QED) is 0.310. The molecule has 192 valence electrons. The van der Waals surface area contributed by atoms with Gasteiger partial charge in [-0.2, -0.15) is 0 Å². The van der Waals surface area contributed by atoms with E-state index in [1.807, 2.05) is 41.9 Å². The van der Waals surface area contributed by atoms with Crippen molar-refractivity contribution in [2.45, 2.75) is 0 Å². The van der Waals surface area contributed by atoms with Crippen molar-refractivity contribution in [1.29, 1.82) is 0 Å². The van der Waals surface area contributed by atoms with Crippen molar-refractivity contribution in [3.05, 3.63) is 126 Å². The molecule has 0 atom stereocenters. The molecule has 0 aliphatic heterocycles. The summed E-state index contributed by atoms with van der Waals surface area (Å²) in [5.74, 6) is 0. The Morgan fingerprint density at radius 1 is 0.526 bits per heavy atom. The van der Waals surface area contributed by atoms with E-state index >= 15 is 0 Å². The summed E-state index contributed by atoms with van der Waals surface area (Å²) in [6.45, 7) is 0. The molecule has 0 aliphatic carbocycles. The van der Waals surface area contributed by atoms with Gasteiger partial charge in [-0.3, -0.25) is 0 Å². The van der Waals surface area contributed by atoms with Crippen LogP contribution in [0.4, 0.5) is 0 Å². The zero-order valence-electron chi connectivity index (χ0n) is 20.2. The summed E-state index contributed by atoms with van der Waals surface area (Å²) in [5.41, 5.74) is 9.23. The summed E-state index contributed by atoms with van der Waals surface area (Å²) in [4.78, 5) is 0. The second-order valence-electron chi connectivity index (χ2n) is 8.46. The Morgan fingerprint density at radius 3 is 1.37 bits per heavy atom. The van der Waals surface area contributed by atoms with Crippen molar-refractivity contribution < 1.29 is 33.4 Å². The summed E-state index contributed by atoms with van der Waals surface area (Å²) in [6, 6.07) is 35.5. The lowest BCUT2D eigenvalue weighted by atomic mass is 9.85. The summed E-state index contributed by atoms with van der Waals surface area (Å²) < 4.78 is 36.0. The Labute approximate surface area is 233 Å². The van der Waals surface area contributed by atoms with Crippen molar-refractivity contribution in [3.63, 3.8) is 0 Å². The third kappa shape index (κ3) is 7.40. The van der Waals surface area contributed by atoms with Gasteiger partial charge in [0.25, 0.3) is 0 Å². The largest absolute Gasteiger partial charge is 0.222 e. The third-order valence-electron chi connectivity index (χ3n) is 5.82. The standard InChI is InChI=1S/C30H22Cl2N.ClHO4/c1-33-17-15-24(16-18-33)30-28(22-7-11-26(31)12-8-22)19-25(21-5-3-2-4-6-21)20-29(30)23-9-13-27(32)14-10-23;2-1(3,4)5/h2-20H,1H3;(H,2,3,4,5)/q+1;/p-1. The molecule has 0 saturated heterocycles. The van der Waals surface area contributed by atoms with Crippen LogP contribution in [-0.2, 0) is 7.05 Å². The van der Waals surface area contributed by atoms with Gasteiger partial charge < -0.3 is 0 Å². The molecular weight excluding hydrogens is 545 g/mol. The van der Waals surface area contributed by atoms with Gasteiger partial charge in [0.2, 0.25) is 0 Å². The molecule has 5 nitrogen and oxygen atoms in total. The van der Waals surface area contributed by atoms with E-state index in [0.29, 0.717) is 0 Å². The van der Waals surface area contributed by atoms with E-state index in [-0.39, 0.29) is 0 Å². The molecule has 8 heteroatoms. The first-order valence-corrected chi connectivity index (χ1v) is 13.4. The lowest BCUT2D eigenvalue weighted by Gasteiger charge is -2.19. The van der Waals surface area contributed by atoms with Gasteiger partial charge in [-0.1, -0.05) is 77.8 Å². The number of rotatable bonds is 4. The average Bonchev–Trinajstić information content (AvgIpc) is 2.89. The first-order chi connectivity index (χ1) is 18.1. The molecular formula is C30H22Cl3NO4. The SMILES string of the molecule is C[n+]1ccc(-c2c(-c3ccc(Cl)cc3)cc(-c3ccccc3)cc2-c2ccc(Cl)cc2)cc1.[O-][Cl+3]([O-])([O-])[O-]. The van der Waals surface area contributed by atoms with Crippen LogP contribution in [0.25, 0.3) is 44.5 Å². The maximum atomic E-state index is 8.49. The van der Waals surface area contributed by atoms with E-state index in [1.54, 1.807) is 0 Å². The molecule has 0 spiro atoms. The molecule has 38 heavy (non-hydrogen) atoms. The molecule has 0 unspecified atom stereocenters. The van der Waals surface area contributed by atoms with Gasteiger partial charge in [0, 0.05) is 22.2 Å². The molecule has 1 aromatic heterocycles. The monoisotopic (exact) mass is 565 g/mol. The van der Waals surface area contributed by atoms with Crippen LogP contribution >= 0.6 is 23.2 Å². The molecule has 1 heterocycles. The second-order valence-corrected chi connectivity index (χ2v) is 10.1. The summed E-state index contributed by atoms with van der Waals surface area (Å²) in [7, 11) is -2.91. The number of aromatic nitrogens is 1. The lowest BCUT2D eigenvalue weighted by Crippen LogP contribution is -2.68. The zero-order valence-corrected chi connectivity index (χ0v) is 22.5. The molecule has 0 saturated carbocycles. The summed E-state index contributed by atoms with van der Waals surface area (Å²) >= 11 is 12.5. The van der Waals surface area contributed by atoms with E-state index < -0.39 is 10.2 Å². The second kappa shape index (κ2) is 12.1. The van der Waals surface area contributed by atoms with Crippen LogP contribution in [0.15, 0.2) is 116 Å². The maximum absolute atomic E-state index is 8.49. The highest BCUT2D eigenvalue weighted by atomic mass is 35.7. The fourth-order valence-corrected chi connectivity index (χ4v) is 4.38. The van der Waals surface area contributed by atoms with Crippen molar-refractivity contribution in [1.82, 2.24) is 0 Å². The Morgan fingerprint density at radius 2 is 0.947 bits per heavy atom. The molecule has 0 radical (unpaired) electrons. The van der Waals surface area contributed by atoms with Gasteiger partial charge in [-0.25, -0.2) is 23.2 Å². The molecule has 5 aromatic rings.